The standard InChI is InChI=1S/C11H8BrIO2/c1-14-11-8(10-3-2-4-15-10)5-7(12)6-9(11)13/h2-6H,1H3. The zero-order valence-corrected chi connectivity index (χ0v) is 11.7. The molecule has 0 unspecified atom stereocenters. The molecule has 78 valence electrons. The van der Waals surface area contributed by atoms with Crippen molar-refractivity contribution >= 4 is 38.5 Å². The highest BCUT2D eigenvalue weighted by Crippen LogP contribution is 2.36. The zero-order valence-electron chi connectivity index (χ0n) is 7.96. The van der Waals surface area contributed by atoms with Crippen LogP contribution in [0, 0.1) is 3.57 Å². The summed E-state index contributed by atoms with van der Waals surface area (Å²) in [6.07, 6.45) is 1.66. The van der Waals surface area contributed by atoms with E-state index in [-0.39, 0.29) is 0 Å². The first-order valence-electron chi connectivity index (χ1n) is 4.29. The molecule has 0 spiro atoms. The quantitative estimate of drug-likeness (QED) is 0.726. The van der Waals surface area contributed by atoms with E-state index in [1.54, 1.807) is 13.4 Å². The molecule has 0 radical (unpaired) electrons. The van der Waals surface area contributed by atoms with Crippen molar-refractivity contribution in [3.05, 3.63) is 38.6 Å². The Morgan fingerprint density at radius 1 is 1.40 bits per heavy atom. The molecule has 0 fully saturated rings. The van der Waals surface area contributed by atoms with Crippen LogP contribution in [0.5, 0.6) is 5.75 Å². The van der Waals surface area contributed by atoms with Gasteiger partial charge in [0.2, 0.25) is 0 Å². The van der Waals surface area contributed by atoms with E-state index in [0.717, 1.165) is 25.1 Å². The number of hydrogen-bond acceptors (Lipinski definition) is 2. The van der Waals surface area contributed by atoms with Crippen LogP contribution in [0.3, 0.4) is 0 Å². The Hall–Kier alpha value is -0.490. The van der Waals surface area contributed by atoms with Crippen LogP contribution in [-0.4, -0.2) is 7.11 Å². The lowest BCUT2D eigenvalue weighted by atomic mass is 10.1. The van der Waals surface area contributed by atoms with Crippen LogP contribution in [-0.2, 0) is 0 Å². The third kappa shape index (κ3) is 2.20. The molecular weight excluding hydrogens is 371 g/mol. The van der Waals surface area contributed by atoms with Crippen molar-refractivity contribution in [3.8, 4) is 17.1 Å². The van der Waals surface area contributed by atoms with Gasteiger partial charge in [-0.05, 0) is 46.9 Å². The molecule has 0 bridgehead atoms. The molecule has 0 saturated heterocycles. The topological polar surface area (TPSA) is 22.4 Å². The lowest BCUT2D eigenvalue weighted by Gasteiger charge is -2.09. The first-order chi connectivity index (χ1) is 7.22. The van der Waals surface area contributed by atoms with Crippen molar-refractivity contribution in [1.29, 1.82) is 0 Å². The van der Waals surface area contributed by atoms with E-state index in [1.807, 2.05) is 24.3 Å². The Labute approximate surface area is 110 Å². The molecule has 2 nitrogen and oxygen atoms in total. The molecule has 0 aliphatic heterocycles. The van der Waals surface area contributed by atoms with Gasteiger partial charge in [-0.25, -0.2) is 0 Å². The summed E-state index contributed by atoms with van der Waals surface area (Å²) in [7, 11) is 1.66. The van der Waals surface area contributed by atoms with Crippen molar-refractivity contribution < 1.29 is 9.15 Å². The molecule has 1 aromatic heterocycles. The van der Waals surface area contributed by atoms with Crippen molar-refractivity contribution in [3.63, 3.8) is 0 Å². The van der Waals surface area contributed by atoms with Crippen LogP contribution in [0.1, 0.15) is 0 Å². The van der Waals surface area contributed by atoms with E-state index < -0.39 is 0 Å². The summed E-state index contributed by atoms with van der Waals surface area (Å²) < 4.78 is 12.8. The van der Waals surface area contributed by atoms with E-state index in [4.69, 9.17) is 9.15 Å². The summed E-state index contributed by atoms with van der Waals surface area (Å²) in [5, 5.41) is 0. The zero-order chi connectivity index (χ0) is 10.8. The van der Waals surface area contributed by atoms with Crippen LogP contribution < -0.4 is 4.74 Å². The monoisotopic (exact) mass is 378 g/mol. The molecule has 2 aromatic rings. The van der Waals surface area contributed by atoms with E-state index in [0.29, 0.717) is 0 Å². The summed E-state index contributed by atoms with van der Waals surface area (Å²) in [6, 6.07) is 7.77. The average molecular weight is 379 g/mol. The fraction of sp³-hybridized carbons (Fsp3) is 0.0909. The summed E-state index contributed by atoms with van der Waals surface area (Å²) in [6.45, 7) is 0. The molecule has 0 saturated carbocycles. The van der Waals surface area contributed by atoms with Crippen molar-refractivity contribution in [1.82, 2.24) is 0 Å². The first-order valence-corrected chi connectivity index (χ1v) is 6.16. The molecule has 1 heterocycles. The second-order valence-electron chi connectivity index (χ2n) is 2.95. The minimum Gasteiger partial charge on any atom is -0.495 e. The summed E-state index contributed by atoms with van der Waals surface area (Å²) in [5.74, 6) is 1.65. The Balaban J connectivity index is 2.64. The minimum atomic E-state index is 0.811. The van der Waals surface area contributed by atoms with Crippen molar-refractivity contribution in [2.75, 3.05) is 7.11 Å². The predicted molar refractivity (Wildman–Crippen MR) is 71.1 cm³/mol. The van der Waals surface area contributed by atoms with E-state index in [1.165, 1.54) is 0 Å². The van der Waals surface area contributed by atoms with Crippen LogP contribution in [0.2, 0.25) is 0 Å². The van der Waals surface area contributed by atoms with Gasteiger partial charge in [0, 0.05) is 4.47 Å². The number of rotatable bonds is 2. The van der Waals surface area contributed by atoms with E-state index in [2.05, 4.69) is 38.5 Å². The van der Waals surface area contributed by atoms with Crippen molar-refractivity contribution in [2.24, 2.45) is 0 Å². The normalized spacial score (nSPS) is 10.3. The highest BCUT2D eigenvalue weighted by Gasteiger charge is 2.12. The van der Waals surface area contributed by atoms with Gasteiger partial charge in [0.15, 0.2) is 0 Å². The van der Waals surface area contributed by atoms with Gasteiger partial charge in [-0.15, -0.1) is 0 Å². The van der Waals surface area contributed by atoms with Gasteiger partial charge in [0.05, 0.1) is 22.5 Å². The van der Waals surface area contributed by atoms with Gasteiger partial charge in [-0.1, -0.05) is 15.9 Å². The Morgan fingerprint density at radius 3 is 2.80 bits per heavy atom. The number of furan rings is 1. The lowest BCUT2D eigenvalue weighted by Crippen LogP contribution is -1.90. The van der Waals surface area contributed by atoms with E-state index >= 15 is 0 Å². The molecule has 0 N–H and O–H groups in total. The van der Waals surface area contributed by atoms with Gasteiger partial charge in [-0.2, -0.15) is 0 Å². The fourth-order valence-corrected chi connectivity index (χ4v) is 3.11. The van der Waals surface area contributed by atoms with Crippen LogP contribution in [0.25, 0.3) is 11.3 Å². The molecule has 1 aromatic carbocycles. The summed E-state index contributed by atoms with van der Waals surface area (Å²) in [5.41, 5.74) is 0.960. The maximum absolute atomic E-state index is 5.37. The maximum Gasteiger partial charge on any atom is 0.143 e. The molecule has 4 heteroatoms. The van der Waals surface area contributed by atoms with Gasteiger partial charge < -0.3 is 9.15 Å². The van der Waals surface area contributed by atoms with Crippen LogP contribution >= 0.6 is 38.5 Å². The molecule has 0 atom stereocenters. The Kier molecular flexibility index (Phi) is 3.35. The number of benzene rings is 1. The largest absolute Gasteiger partial charge is 0.495 e. The summed E-state index contributed by atoms with van der Waals surface area (Å²) in [4.78, 5) is 0. The van der Waals surface area contributed by atoms with E-state index in [9.17, 15) is 0 Å². The lowest BCUT2D eigenvalue weighted by molar-refractivity contribution is 0.411. The van der Waals surface area contributed by atoms with Gasteiger partial charge in [-0.3, -0.25) is 0 Å². The van der Waals surface area contributed by atoms with Crippen LogP contribution in [0.15, 0.2) is 39.4 Å². The molecule has 2 rings (SSSR count). The highest BCUT2D eigenvalue weighted by molar-refractivity contribution is 14.1. The Bertz CT molecular complexity index is 466. The smallest absolute Gasteiger partial charge is 0.143 e. The highest BCUT2D eigenvalue weighted by atomic mass is 127. The number of halogens is 2. The molecule has 0 amide bonds. The van der Waals surface area contributed by atoms with Gasteiger partial charge in [0.1, 0.15) is 11.5 Å². The third-order valence-electron chi connectivity index (χ3n) is 2.00. The molecule has 15 heavy (non-hydrogen) atoms. The Morgan fingerprint density at radius 2 is 2.20 bits per heavy atom. The van der Waals surface area contributed by atoms with Crippen molar-refractivity contribution in [2.45, 2.75) is 0 Å². The number of ether oxygens (including phenoxy) is 1. The summed E-state index contributed by atoms with van der Waals surface area (Å²) >= 11 is 5.70. The molecule has 0 aliphatic rings. The third-order valence-corrected chi connectivity index (χ3v) is 3.26. The number of hydrogen-bond donors (Lipinski definition) is 0. The molecular formula is C11H8BrIO2. The predicted octanol–water partition coefficient (Wildman–Crippen LogP) is 4.32. The fourth-order valence-electron chi connectivity index (χ4n) is 1.38. The second-order valence-corrected chi connectivity index (χ2v) is 5.02. The van der Waals surface area contributed by atoms with Crippen LogP contribution in [0.4, 0.5) is 0 Å². The maximum atomic E-state index is 5.37. The van der Waals surface area contributed by atoms with Gasteiger partial charge in [0.25, 0.3) is 0 Å². The molecule has 0 aliphatic carbocycles. The minimum absolute atomic E-state index is 0.811. The average Bonchev–Trinajstić information content (AvgIpc) is 2.69. The second kappa shape index (κ2) is 4.57. The number of methoxy groups -OCH3 is 1. The van der Waals surface area contributed by atoms with Gasteiger partial charge >= 0.3 is 0 Å². The SMILES string of the molecule is COc1c(I)cc(Br)cc1-c1ccco1. The first kappa shape index (κ1) is 11.0.